The Balaban J connectivity index is 1.72. The van der Waals surface area contributed by atoms with E-state index in [1.165, 1.54) is 29.3 Å². The molecule has 1 N–H and O–H groups in total. The smallest absolute Gasteiger partial charge is 0.0184 e. The van der Waals surface area contributed by atoms with Gasteiger partial charge in [0.25, 0.3) is 0 Å². The van der Waals surface area contributed by atoms with Crippen molar-refractivity contribution in [3.8, 4) is 0 Å². The molecule has 82 valence electrons. The van der Waals surface area contributed by atoms with Gasteiger partial charge in [-0.15, -0.1) is 11.8 Å². The van der Waals surface area contributed by atoms with Gasteiger partial charge < -0.3 is 5.32 Å². The Morgan fingerprint density at radius 3 is 2.53 bits per heavy atom. The van der Waals surface area contributed by atoms with Crippen LogP contribution in [-0.2, 0) is 5.75 Å². The van der Waals surface area contributed by atoms with Gasteiger partial charge >= 0.3 is 0 Å². The average molecular weight is 239 g/mol. The first-order valence-electron chi connectivity index (χ1n) is 5.30. The number of benzene rings is 1. The third-order valence-electron chi connectivity index (χ3n) is 2.65. The first-order chi connectivity index (χ1) is 7.38. The Kier molecular flexibility index (Phi) is 4.42. The van der Waals surface area contributed by atoms with Crippen molar-refractivity contribution in [2.24, 2.45) is 5.92 Å². The topological polar surface area (TPSA) is 12.0 Å². The predicted octanol–water partition coefficient (Wildman–Crippen LogP) is 2.86. The highest BCUT2D eigenvalue weighted by molar-refractivity contribution is 7.98. The highest BCUT2D eigenvalue weighted by Gasteiger charge is 2.15. The van der Waals surface area contributed by atoms with Gasteiger partial charge in [-0.1, -0.05) is 12.1 Å². The van der Waals surface area contributed by atoms with Gasteiger partial charge in [0.2, 0.25) is 0 Å². The lowest BCUT2D eigenvalue weighted by Crippen LogP contribution is -2.43. The Labute approximate surface area is 100 Å². The van der Waals surface area contributed by atoms with Crippen molar-refractivity contribution in [3.05, 3.63) is 29.8 Å². The second-order valence-electron chi connectivity index (χ2n) is 3.89. The second kappa shape index (κ2) is 5.83. The zero-order valence-electron chi connectivity index (χ0n) is 9.03. The quantitative estimate of drug-likeness (QED) is 0.794. The molecular formula is C12H17NS2. The molecule has 0 saturated carbocycles. The van der Waals surface area contributed by atoms with Crippen molar-refractivity contribution in [2.45, 2.75) is 10.6 Å². The molecule has 2 rings (SSSR count). The fraction of sp³-hybridized carbons (Fsp3) is 0.500. The maximum Gasteiger partial charge on any atom is 0.0184 e. The summed E-state index contributed by atoms with van der Waals surface area (Å²) in [6, 6.07) is 8.92. The van der Waals surface area contributed by atoms with Crippen LogP contribution >= 0.6 is 23.5 Å². The van der Waals surface area contributed by atoms with Crippen LogP contribution in [0.2, 0.25) is 0 Å². The van der Waals surface area contributed by atoms with E-state index >= 15 is 0 Å². The van der Waals surface area contributed by atoms with E-state index in [0.717, 1.165) is 11.7 Å². The fourth-order valence-corrected chi connectivity index (χ4v) is 3.05. The molecule has 15 heavy (non-hydrogen) atoms. The maximum absolute atomic E-state index is 3.31. The summed E-state index contributed by atoms with van der Waals surface area (Å²) in [5.41, 5.74) is 1.45. The van der Waals surface area contributed by atoms with E-state index < -0.39 is 0 Å². The monoisotopic (exact) mass is 239 g/mol. The number of thioether (sulfide) groups is 2. The van der Waals surface area contributed by atoms with Crippen LogP contribution in [0.3, 0.4) is 0 Å². The molecule has 1 nitrogen and oxygen atoms in total. The van der Waals surface area contributed by atoms with Crippen molar-refractivity contribution < 1.29 is 0 Å². The van der Waals surface area contributed by atoms with E-state index in [1.807, 2.05) is 0 Å². The molecule has 0 spiro atoms. The van der Waals surface area contributed by atoms with Gasteiger partial charge in [-0.25, -0.2) is 0 Å². The Hall–Kier alpha value is -0.120. The summed E-state index contributed by atoms with van der Waals surface area (Å²) in [5, 5.41) is 3.31. The Morgan fingerprint density at radius 2 is 2.00 bits per heavy atom. The summed E-state index contributed by atoms with van der Waals surface area (Å²) in [7, 11) is 0. The number of hydrogen-bond acceptors (Lipinski definition) is 3. The lowest BCUT2D eigenvalue weighted by atomic mass is 10.1. The van der Waals surface area contributed by atoms with Gasteiger partial charge in [-0.05, 0) is 48.7 Å². The van der Waals surface area contributed by atoms with Crippen LogP contribution in [-0.4, -0.2) is 25.1 Å². The predicted molar refractivity (Wildman–Crippen MR) is 70.7 cm³/mol. The Bertz CT molecular complexity index is 293. The van der Waals surface area contributed by atoms with Gasteiger partial charge in [0, 0.05) is 10.6 Å². The zero-order chi connectivity index (χ0) is 10.5. The number of rotatable bonds is 5. The molecule has 0 atom stereocenters. The molecule has 0 bridgehead atoms. The van der Waals surface area contributed by atoms with Crippen LogP contribution in [0.5, 0.6) is 0 Å². The van der Waals surface area contributed by atoms with Crippen molar-refractivity contribution in [2.75, 3.05) is 25.1 Å². The van der Waals surface area contributed by atoms with Gasteiger partial charge in [0.15, 0.2) is 0 Å². The number of nitrogens with one attached hydrogen (secondary N) is 1. The second-order valence-corrected chi connectivity index (χ2v) is 5.80. The maximum atomic E-state index is 3.31. The largest absolute Gasteiger partial charge is 0.316 e. The number of hydrogen-bond donors (Lipinski definition) is 1. The van der Waals surface area contributed by atoms with E-state index in [4.69, 9.17) is 0 Å². The first kappa shape index (κ1) is 11.4. The highest BCUT2D eigenvalue weighted by Crippen LogP contribution is 2.20. The molecule has 1 aromatic rings. The average Bonchev–Trinajstić information content (AvgIpc) is 2.23. The summed E-state index contributed by atoms with van der Waals surface area (Å²) in [5.74, 6) is 3.38. The van der Waals surface area contributed by atoms with Gasteiger partial charge in [-0.2, -0.15) is 11.8 Å². The van der Waals surface area contributed by atoms with Crippen molar-refractivity contribution in [3.63, 3.8) is 0 Å². The van der Waals surface area contributed by atoms with E-state index in [9.17, 15) is 0 Å². The van der Waals surface area contributed by atoms with E-state index in [-0.39, 0.29) is 0 Å². The minimum Gasteiger partial charge on any atom is -0.316 e. The van der Waals surface area contributed by atoms with Crippen molar-refractivity contribution in [1.29, 1.82) is 0 Å². The molecule has 0 aliphatic carbocycles. The molecular weight excluding hydrogens is 222 g/mol. The lowest BCUT2D eigenvalue weighted by molar-refractivity contribution is 0.385. The molecule has 1 aliphatic rings. The molecule has 1 fully saturated rings. The summed E-state index contributed by atoms with van der Waals surface area (Å²) in [6.07, 6.45) is 2.12. The third kappa shape index (κ3) is 3.44. The van der Waals surface area contributed by atoms with E-state index in [1.54, 1.807) is 11.8 Å². The van der Waals surface area contributed by atoms with Gasteiger partial charge in [0.05, 0.1) is 0 Å². The summed E-state index contributed by atoms with van der Waals surface area (Å²) in [4.78, 5) is 1.35. The van der Waals surface area contributed by atoms with Crippen LogP contribution in [0.25, 0.3) is 0 Å². The third-order valence-corrected chi connectivity index (χ3v) is 4.64. The molecule has 0 aromatic heterocycles. The minimum atomic E-state index is 0.917. The van der Waals surface area contributed by atoms with Crippen LogP contribution in [0.15, 0.2) is 29.2 Å². The first-order valence-corrected chi connectivity index (χ1v) is 7.68. The normalized spacial score (nSPS) is 16.3. The van der Waals surface area contributed by atoms with Gasteiger partial charge in [0.1, 0.15) is 0 Å². The Morgan fingerprint density at radius 1 is 1.27 bits per heavy atom. The molecule has 1 aromatic carbocycles. The minimum absolute atomic E-state index is 0.917. The summed E-state index contributed by atoms with van der Waals surface area (Å²) >= 11 is 3.86. The van der Waals surface area contributed by atoms with Crippen LogP contribution < -0.4 is 5.32 Å². The standard InChI is InChI=1S/C12H17NS2/c1-14-12-4-2-10(3-5-12)8-15-9-11-6-13-7-11/h2-5,11,13H,6-9H2,1H3. The summed E-state index contributed by atoms with van der Waals surface area (Å²) in [6.45, 7) is 2.44. The fourth-order valence-electron chi connectivity index (χ4n) is 1.53. The molecule has 3 heteroatoms. The van der Waals surface area contributed by atoms with Crippen LogP contribution in [0, 0.1) is 5.92 Å². The van der Waals surface area contributed by atoms with Gasteiger partial charge in [-0.3, -0.25) is 0 Å². The SMILES string of the molecule is CSc1ccc(CSCC2CNC2)cc1. The molecule has 0 radical (unpaired) electrons. The van der Waals surface area contributed by atoms with Crippen molar-refractivity contribution >= 4 is 23.5 Å². The van der Waals surface area contributed by atoms with Crippen LogP contribution in [0.4, 0.5) is 0 Å². The van der Waals surface area contributed by atoms with Crippen LogP contribution in [0.1, 0.15) is 5.56 Å². The molecule has 0 amide bonds. The van der Waals surface area contributed by atoms with Crippen molar-refractivity contribution in [1.82, 2.24) is 5.32 Å². The summed E-state index contributed by atoms with van der Waals surface area (Å²) < 4.78 is 0. The molecule has 0 unspecified atom stereocenters. The van der Waals surface area contributed by atoms with E-state index in [2.05, 4.69) is 47.6 Å². The zero-order valence-corrected chi connectivity index (χ0v) is 10.7. The molecule has 1 heterocycles. The molecule has 1 aliphatic heterocycles. The lowest BCUT2D eigenvalue weighted by Gasteiger charge is -2.26. The molecule has 1 saturated heterocycles. The van der Waals surface area contributed by atoms with E-state index in [0.29, 0.717) is 0 Å². The highest BCUT2D eigenvalue weighted by atomic mass is 32.2.